The minimum atomic E-state index is -0.886. The van der Waals surface area contributed by atoms with Gasteiger partial charge >= 0.3 is 0 Å². The van der Waals surface area contributed by atoms with Crippen LogP contribution in [0.25, 0.3) is 10.8 Å². The van der Waals surface area contributed by atoms with Gasteiger partial charge in [0.2, 0.25) is 0 Å². The highest BCUT2D eigenvalue weighted by molar-refractivity contribution is 5.86. The summed E-state index contributed by atoms with van der Waals surface area (Å²) in [5, 5.41) is 9.07. The lowest BCUT2D eigenvalue weighted by Gasteiger charge is -2.24. The molecule has 0 saturated heterocycles. The quantitative estimate of drug-likeness (QED) is 0.515. The molecule has 0 unspecified atom stereocenters. The molecule has 0 aliphatic rings. The topological polar surface area (TPSA) is 41.9 Å². The lowest BCUT2D eigenvalue weighted by molar-refractivity contribution is 0.517. The van der Waals surface area contributed by atoms with Crippen molar-refractivity contribution in [3.63, 3.8) is 0 Å². The molecule has 4 rings (SSSR count). The molecule has 134 valence electrons. The zero-order valence-electron chi connectivity index (χ0n) is 14.6. The van der Waals surface area contributed by atoms with Crippen molar-refractivity contribution in [1.29, 1.82) is 0 Å². The van der Waals surface area contributed by atoms with Crippen LogP contribution in [-0.2, 0) is 6.54 Å². The van der Waals surface area contributed by atoms with Crippen molar-refractivity contribution in [3.05, 3.63) is 89.9 Å². The summed E-state index contributed by atoms with van der Waals surface area (Å²) in [6, 6.07) is 14.4. The molecule has 4 aromatic rings. The van der Waals surface area contributed by atoms with Crippen molar-refractivity contribution < 1.29 is 8.78 Å². The van der Waals surface area contributed by atoms with Crippen LogP contribution in [0.15, 0.2) is 67.1 Å². The summed E-state index contributed by atoms with van der Waals surface area (Å²) in [6.07, 6.45) is 4.69. The van der Waals surface area contributed by atoms with E-state index in [1.54, 1.807) is 18.5 Å². The van der Waals surface area contributed by atoms with E-state index in [0.29, 0.717) is 17.7 Å². The Labute approximate surface area is 155 Å². The SMILES string of the molecule is Cc1cnnc(N(Cc2cncc3c(F)c(F)ccc23)c2ccccc2)c1. The molecule has 0 fully saturated rings. The summed E-state index contributed by atoms with van der Waals surface area (Å²) in [5.41, 5.74) is 2.65. The van der Waals surface area contributed by atoms with Crippen molar-refractivity contribution >= 4 is 22.3 Å². The minimum absolute atomic E-state index is 0.163. The Hall–Kier alpha value is -3.41. The van der Waals surface area contributed by atoms with E-state index < -0.39 is 11.6 Å². The number of pyridine rings is 1. The lowest BCUT2D eigenvalue weighted by atomic mass is 10.1. The number of aryl methyl sites for hydroxylation is 1. The van der Waals surface area contributed by atoms with Crippen LogP contribution < -0.4 is 4.90 Å². The van der Waals surface area contributed by atoms with Crippen LogP contribution in [0.5, 0.6) is 0 Å². The molecule has 0 aliphatic heterocycles. The monoisotopic (exact) mass is 362 g/mol. The number of rotatable bonds is 4. The molecule has 2 aromatic heterocycles. The van der Waals surface area contributed by atoms with E-state index in [2.05, 4.69) is 15.2 Å². The first-order chi connectivity index (χ1) is 13.1. The molecule has 2 heterocycles. The highest BCUT2D eigenvalue weighted by Crippen LogP contribution is 2.29. The maximum Gasteiger partial charge on any atom is 0.168 e. The maximum absolute atomic E-state index is 14.2. The molecular formula is C21H16F2N4. The summed E-state index contributed by atoms with van der Waals surface area (Å²) in [4.78, 5) is 6.07. The fourth-order valence-electron chi connectivity index (χ4n) is 3.03. The van der Waals surface area contributed by atoms with Gasteiger partial charge in [0.25, 0.3) is 0 Å². The Morgan fingerprint density at radius 3 is 2.52 bits per heavy atom. The average Bonchev–Trinajstić information content (AvgIpc) is 2.70. The summed E-state index contributed by atoms with van der Waals surface area (Å²) in [5.74, 6) is -1.10. The van der Waals surface area contributed by atoms with Crippen LogP contribution in [0.4, 0.5) is 20.3 Å². The van der Waals surface area contributed by atoms with Gasteiger partial charge < -0.3 is 4.90 Å². The normalized spacial score (nSPS) is 10.9. The zero-order valence-corrected chi connectivity index (χ0v) is 14.6. The van der Waals surface area contributed by atoms with Crippen molar-refractivity contribution in [2.45, 2.75) is 13.5 Å². The number of fused-ring (bicyclic) bond motifs is 1. The van der Waals surface area contributed by atoms with Gasteiger partial charge in [0.05, 0.1) is 12.7 Å². The summed E-state index contributed by atoms with van der Waals surface area (Å²) in [6.45, 7) is 2.33. The second-order valence-electron chi connectivity index (χ2n) is 6.27. The van der Waals surface area contributed by atoms with E-state index >= 15 is 0 Å². The van der Waals surface area contributed by atoms with Crippen LogP contribution in [0.2, 0.25) is 0 Å². The third kappa shape index (κ3) is 3.33. The van der Waals surface area contributed by atoms with E-state index in [0.717, 1.165) is 22.9 Å². The van der Waals surface area contributed by atoms with Crippen molar-refractivity contribution in [1.82, 2.24) is 15.2 Å². The third-order valence-corrected chi connectivity index (χ3v) is 4.36. The fraction of sp³-hybridized carbons (Fsp3) is 0.0952. The first-order valence-corrected chi connectivity index (χ1v) is 8.46. The van der Waals surface area contributed by atoms with Crippen LogP contribution in [0.1, 0.15) is 11.1 Å². The lowest BCUT2D eigenvalue weighted by Crippen LogP contribution is -2.18. The van der Waals surface area contributed by atoms with Gasteiger partial charge in [-0.25, -0.2) is 8.78 Å². The van der Waals surface area contributed by atoms with Gasteiger partial charge in [-0.3, -0.25) is 4.98 Å². The highest BCUT2D eigenvalue weighted by atomic mass is 19.2. The number of nitrogens with zero attached hydrogens (tertiary/aromatic N) is 4. The number of para-hydroxylation sites is 1. The molecular weight excluding hydrogens is 346 g/mol. The molecule has 0 amide bonds. The van der Waals surface area contributed by atoms with E-state index in [-0.39, 0.29) is 5.39 Å². The number of hydrogen-bond acceptors (Lipinski definition) is 4. The largest absolute Gasteiger partial charge is 0.320 e. The molecule has 0 radical (unpaired) electrons. The molecule has 0 atom stereocenters. The van der Waals surface area contributed by atoms with Crippen LogP contribution in [0, 0.1) is 18.6 Å². The number of hydrogen-bond donors (Lipinski definition) is 0. The molecule has 0 bridgehead atoms. The Morgan fingerprint density at radius 2 is 1.74 bits per heavy atom. The van der Waals surface area contributed by atoms with Crippen molar-refractivity contribution in [3.8, 4) is 0 Å². The number of anilines is 2. The second kappa shape index (κ2) is 7.07. The van der Waals surface area contributed by atoms with E-state index in [1.165, 1.54) is 6.20 Å². The van der Waals surface area contributed by atoms with Gasteiger partial charge in [-0.15, -0.1) is 5.10 Å². The van der Waals surface area contributed by atoms with Gasteiger partial charge in [0.1, 0.15) is 0 Å². The van der Waals surface area contributed by atoms with E-state index in [1.807, 2.05) is 48.2 Å². The highest BCUT2D eigenvalue weighted by Gasteiger charge is 2.16. The second-order valence-corrected chi connectivity index (χ2v) is 6.27. The van der Waals surface area contributed by atoms with Crippen molar-refractivity contribution in [2.24, 2.45) is 0 Å². The van der Waals surface area contributed by atoms with Gasteiger partial charge in [-0.2, -0.15) is 5.10 Å². The standard InChI is InChI=1S/C21H16F2N4/c1-14-9-20(26-25-10-14)27(16-5-3-2-4-6-16)13-15-11-24-12-18-17(15)7-8-19(22)21(18)23/h2-12H,13H2,1H3. The van der Waals surface area contributed by atoms with Crippen molar-refractivity contribution in [2.75, 3.05) is 4.90 Å². The van der Waals surface area contributed by atoms with Gasteiger partial charge in [0.15, 0.2) is 17.5 Å². The smallest absolute Gasteiger partial charge is 0.168 e. The van der Waals surface area contributed by atoms with Crippen LogP contribution >= 0.6 is 0 Å². The van der Waals surface area contributed by atoms with Gasteiger partial charge in [0, 0.05) is 23.5 Å². The molecule has 4 nitrogen and oxygen atoms in total. The molecule has 0 saturated carbocycles. The molecule has 0 spiro atoms. The molecule has 27 heavy (non-hydrogen) atoms. The van der Waals surface area contributed by atoms with Gasteiger partial charge in [-0.05, 0) is 47.7 Å². The number of benzene rings is 2. The number of halogens is 2. The van der Waals surface area contributed by atoms with Gasteiger partial charge in [-0.1, -0.05) is 24.3 Å². The third-order valence-electron chi connectivity index (χ3n) is 4.36. The Balaban J connectivity index is 1.83. The minimum Gasteiger partial charge on any atom is -0.320 e. The first-order valence-electron chi connectivity index (χ1n) is 8.46. The Morgan fingerprint density at radius 1 is 0.926 bits per heavy atom. The van der Waals surface area contributed by atoms with E-state index in [4.69, 9.17) is 0 Å². The molecule has 0 N–H and O–H groups in total. The summed E-state index contributed by atoms with van der Waals surface area (Å²) in [7, 11) is 0. The molecule has 6 heteroatoms. The number of aromatic nitrogens is 3. The Kier molecular flexibility index (Phi) is 4.46. The van der Waals surface area contributed by atoms with Crippen LogP contribution in [-0.4, -0.2) is 15.2 Å². The van der Waals surface area contributed by atoms with E-state index in [9.17, 15) is 8.78 Å². The fourth-order valence-corrected chi connectivity index (χ4v) is 3.03. The first kappa shape index (κ1) is 17.0. The Bertz CT molecular complexity index is 1100. The molecule has 2 aromatic carbocycles. The van der Waals surface area contributed by atoms with Crippen LogP contribution in [0.3, 0.4) is 0 Å². The summed E-state index contributed by atoms with van der Waals surface area (Å²) >= 11 is 0. The maximum atomic E-state index is 14.2. The molecule has 0 aliphatic carbocycles. The average molecular weight is 362 g/mol. The summed E-state index contributed by atoms with van der Waals surface area (Å²) < 4.78 is 27.7. The predicted octanol–water partition coefficient (Wildman–Crippen LogP) is 4.95. The predicted molar refractivity (Wildman–Crippen MR) is 101 cm³/mol. The zero-order chi connectivity index (χ0) is 18.8.